The molecule has 0 spiro atoms. The van der Waals surface area contributed by atoms with E-state index in [4.69, 9.17) is 12.2 Å². The molecule has 0 amide bonds. The van der Waals surface area contributed by atoms with Gasteiger partial charge >= 0.3 is 0 Å². The van der Waals surface area contributed by atoms with Crippen molar-refractivity contribution in [3.63, 3.8) is 0 Å². The lowest BCUT2D eigenvalue weighted by molar-refractivity contribution is 0.711. The highest BCUT2D eigenvalue weighted by molar-refractivity contribution is 7.80. The molecule has 90 valence electrons. The van der Waals surface area contributed by atoms with E-state index >= 15 is 0 Å². The third-order valence-corrected chi connectivity index (χ3v) is 2.45. The fraction of sp³-hybridized carbons (Fsp3) is 0.636. The largest absolute Gasteiger partial charge is 0.361 e. The maximum Gasteiger partial charge on any atom is 0.166 e. The van der Waals surface area contributed by atoms with Crippen LogP contribution < -0.4 is 10.6 Å². The van der Waals surface area contributed by atoms with E-state index in [1.54, 1.807) is 0 Å². The third-order valence-electron chi connectivity index (χ3n) is 2.19. The average molecular weight is 240 g/mol. The summed E-state index contributed by atoms with van der Waals surface area (Å²) in [6, 6.07) is 0.361. The van der Waals surface area contributed by atoms with Crippen molar-refractivity contribution in [3.05, 3.63) is 17.5 Å². The fourth-order valence-electron chi connectivity index (χ4n) is 1.52. The molecule has 0 atom stereocenters. The van der Waals surface area contributed by atoms with Gasteiger partial charge in [-0.1, -0.05) is 6.92 Å². The van der Waals surface area contributed by atoms with Crippen molar-refractivity contribution in [2.45, 2.75) is 39.8 Å². The smallest absolute Gasteiger partial charge is 0.166 e. The second-order valence-electron chi connectivity index (χ2n) is 4.11. The molecule has 1 heterocycles. The quantitative estimate of drug-likeness (QED) is 0.780. The van der Waals surface area contributed by atoms with Crippen molar-refractivity contribution in [1.82, 2.24) is 20.4 Å². The zero-order chi connectivity index (χ0) is 12.1. The van der Waals surface area contributed by atoms with Gasteiger partial charge in [0.2, 0.25) is 0 Å². The Labute approximate surface area is 102 Å². The summed E-state index contributed by atoms with van der Waals surface area (Å²) >= 11 is 5.17. The van der Waals surface area contributed by atoms with Crippen molar-refractivity contribution in [1.29, 1.82) is 0 Å². The zero-order valence-corrected chi connectivity index (χ0v) is 11.2. The fourth-order valence-corrected chi connectivity index (χ4v) is 1.83. The van der Waals surface area contributed by atoms with Gasteiger partial charge < -0.3 is 10.6 Å². The van der Waals surface area contributed by atoms with E-state index in [1.165, 1.54) is 5.56 Å². The van der Waals surface area contributed by atoms with Gasteiger partial charge in [0.1, 0.15) is 0 Å². The Bertz CT molecular complexity index is 357. The molecule has 1 rings (SSSR count). The molecule has 0 saturated carbocycles. The minimum absolute atomic E-state index is 0.361. The van der Waals surface area contributed by atoms with Gasteiger partial charge in [0.15, 0.2) is 5.11 Å². The molecule has 0 aliphatic carbocycles. The van der Waals surface area contributed by atoms with Crippen LogP contribution in [-0.4, -0.2) is 20.9 Å². The van der Waals surface area contributed by atoms with Crippen molar-refractivity contribution >= 4 is 17.3 Å². The van der Waals surface area contributed by atoms with Crippen molar-refractivity contribution in [3.8, 4) is 0 Å². The number of hydrogen-bond acceptors (Lipinski definition) is 2. The molecule has 5 heteroatoms. The Balaban J connectivity index is 2.50. The maximum absolute atomic E-state index is 5.17. The molecule has 1 aromatic rings. The van der Waals surface area contributed by atoms with Crippen molar-refractivity contribution in [2.24, 2.45) is 7.05 Å². The first kappa shape index (κ1) is 13.0. The summed E-state index contributed by atoms with van der Waals surface area (Å²) in [4.78, 5) is 0. The first-order chi connectivity index (χ1) is 7.52. The van der Waals surface area contributed by atoms with Gasteiger partial charge in [-0.25, -0.2) is 0 Å². The first-order valence-corrected chi connectivity index (χ1v) is 5.99. The summed E-state index contributed by atoms with van der Waals surface area (Å²) in [6.45, 7) is 6.97. The Kier molecular flexibility index (Phi) is 4.73. The van der Waals surface area contributed by atoms with Crippen molar-refractivity contribution < 1.29 is 0 Å². The zero-order valence-electron chi connectivity index (χ0n) is 10.4. The summed E-state index contributed by atoms with van der Waals surface area (Å²) in [5, 5.41) is 11.4. The van der Waals surface area contributed by atoms with E-state index in [-0.39, 0.29) is 0 Å². The first-order valence-electron chi connectivity index (χ1n) is 5.58. The molecule has 0 unspecified atom stereocenters. The second-order valence-corrected chi connectivity index (χ2v) is 4.52. The van der Waals surface area contributed by atoms with Gasteiger partial charge in [-0.05, 0) is 32.5 Å². The van der Waals surface area contributed by atoms with Gasteiger partial charge in [-0.2, -0.15) is 5.10 Å². The van der Waals surface area contributed by atoms with Crippen LogP contribution in [0.15, 0.2) is 6.20 Å². The molecule has 0 saturated heterocycles. The van der Waals surface area contributed by atoms with E-state index in [9.17, 15) is 0 Å². The lowest BCUT2D eigenvalue weighted by Gasteiger charge is -2.12. The topological polar surface area (TPSA) is 41.9 Å². The van der Waals surface area contributed by atoms with Crippen molar-refractivity contribution in [2.75, 3.05) is 0 Å². The second kappa shape index (κ2) is 5.84. The Morgan fingerprint density at radius 3 is 2.81 bits per heavy atom. The molecule has 0 aromatic carbocycles. The summed E-state index contributed by atoms with van der Waals surface area (Å²) in [5.41, 5.74) is 2.33. The highest BCUT2D eigenvalue weighted by atomic mass is 32.1. The molecule has 0 aliphatic heterocycles. The molecule has 0 fully saturated rings. The Morgan fingerprint density at radius 1 is 1.56 bits per heavy atom. The van der Waals surface area contributed by atoms with Crippen LogP contribution in [0.25, 0.3) is 0 Å². The number of nitrogens with zero attached hydrogens (tertiary/aromatic N) is 2. The van der Waals surface area contributed by atoms with Gasteiger partial charge in [-0.3, -0.25) is 4.68 Å². The molecule has 0 aliphatic rings. The van der Waals surface area contributed by atoms with E-state index in [2.05, 4.69) is 36.5 Å². The highest BCUT2D eigenvalue weighted by Gasteiger charge is 2.06. The average Bonchev–Trinajstić information content (AvgIpc) is 2.55. The molecule has 16 heavy (non-hydrogen) atoms. The molecule has 1 aromatic heterocycles. The maximum atomic E-state index is 5.17. The number of hydrogen-bond donors (Lipinski definition) is 2. The summed E-state index contributed by atoms with van der Waals surface area (Å²) in [7, 11) is 1.94. The van der Waals surface area contributed by atoms with Crippen LogP contribution in [0, 0.1) is 0 Å². The molecular weight excluding hydrogens is 220 g/mol. The van der Waals surface area contributed by atoms with Crippen LogP contribution in [0.1, 0.15) is 32.0 Å². The lowest BCUT2D eigenvalue weighted by Crippen LogP contribution is -2.38. The van der Waals surface area contributed by atoms with E-state index in [0.717, 1.165) is 18.7 Å². The summed E-state index contributed by atoms with van der Waals surface area (Å²) in [5.74, 6) is 0. The molecule has 0 bridgehead atoms. The molecular formula is C11H20N4S. The van der Waals surface area contributed by atoms with Crippen LogP contribution in [-0.2, 0) is 20.0 Å². The minimum Gasteiger partial charge on any atom is -0.361 e. The predicted molar refractivity (Wildman–Crippen MR) is 70.3 cm³/mol. The normalized spacial score (nSPS) is 10.6. The van der Waals surface area contributed by atoms with Crippen LogP contribution >= 0.6 is 12.2 Å². The summed E-state index contributed by atoms with van der Waals surface area (Å²) < 4.78 is 1.84. The SMILES string of the molecule is CCc1nn(C)cc1CNC(=S)NC(C)C. The van der Waals surface area contributed by atoms with Crippen LogP contribution in [0.3, 0.4) is 0 Å². The van der Waals surface area contributed by atoms with Crippen LogP contribution in [0.4, 0.5) is 0 Å². The monoisotopic (exact) mass is 240 g/mol. The van der Waals surface area contributed by atoms with Gasteiger partial charge in [0.25, 0.3) is 0 Å². The summed E-state index contributed by atoms with van der Waals surface area (Å²) in [6.07, 6.45) is 2.98. The minimum atomic E-state index is 0.361. The number of rotatable bonds is 4. The predicted octanol–water partition coefficient (Wildman–Crippen LogP) is 1.35. The standard InChI is InChI=1S/C11H20N4S/c1-5-10-9(7-15(4)14-10)6-12-11(16)13-8(2)3/h7-8H,5-6H2,1-4H3,(H2,12,13,16). The molecule has 2 N–H and O–H groups in total. The lowest BCUT2D eigenvalue weighted by atomic mass is 10.2. The number of aryl methyl sites for hydroxylation is 2. The highest BCUT2D eigenvalue weighted by Crippen LogP contribution is 2.06. The Morgan fingerprint density at radius 2 is 2.25 bits per heavy atom. The van der Waals surface area contributed by atoms with E-state index in [1.807, 2.05) is 17.9 Å². The number of nitrogens with one attached hydrogen (secondary N) is 2. The van der Waals surface area contributed by atoms with Crippen LogP contribution in [0.2, 0.25) is 0 Å². The van der Waals surface area contributed by atoms with Gasteiger partial charge in [0, 0.05) is 31.4 Å². The number of aromatic nitrogens is 2. The van der Waals surface area contributed by atoms with E-state index in [0.29, 0.717) is 11.2 Å². The van der Waals surface area contributed by atoms with Crippen LogP contribution in [0.5, 0.6) is 0 Å². The van der Waals surface area contributed by atoms with Gasteiger partial charge in [0.05, 0.1) is 5.69 Å². The molecule has 4 nitrogen and oxygen atoms in total. The van der Waals surface area contributed by atoms with E-state index < -0.39 is 0 Å². The molecule has 0 radical (unpaired) electrons. The Hall–Kier alpha value is -1.10. The van der Waals surface area contributed by atoms with Gasteiger partial charge in [-0.15, -0.1) is 0 Å². The number of thiocarbonyl (C=S) groups is 1. The third kappa shape index (κ3) is 3.81.